The van der Waals surface area contributed by atoms with Gasteiger partial charge in [-0.3, -0.25) is 4.90 Å². The number of hydrogen-bond donors (Lipinski definition) is 2. The topological polar surface area (TPSA) is 87.1 Å². The van der Waals surface area contributed by atoms with Gasteiger partial charge < -0.3 is 14.9 Å². The van der Waals surface area contributed by atoms with E-state index in [0.29, 0.717) is 12.8 Å². The molecule has 2 rings (SSSR count). The lowest BCUT2D eigenvalue weighted by Gasteiger charge is -2.35. The number of rotatable bonds is 1. The van der Waals surface area contributed by atoms with E-state index in [9.17, 15) is 19.8 Å². The van der Waals surface area contributed by atoms with Crippen LogP contribution in [0.5, 0.6) is 0 Å². The number of piperidine rings is 1. The van der Waals surface area contributed by atoms with Crippen molar-refractivity contribution >= 4 is 12.1 Å². The van der Waals surface area contributed by atoms with Gasteiger partial charge >= 0.3 is 12.1 Å². The van der Waals surface area contributed by atoms with Crippen LogP contribution < -0.4 is 0 Å². The smallest absolute Gasteiger partial charge is 0.411 e. The van der Waals surface area contributed by atoms with Crippen LogP contribution in [0.3, 0.4) is 0 Å². The first-order valence-corrected chi connectivity index (χ1v) is 6.13. The second-order valence-electron chi connectivity index (χ2n) is 6.03. The maximum absolute atomic E-state index is 12.0. The minimum atomic E-state index is -1.08. The number of carboxylic acid groups (broad SMARTS) is 1. The molecule has 0 aromatic rings. The number of aliphatic hydroxyl groups excluding tert-OH is 1. The third kappa shape index (κ3) is 2.16. The van der Waals surface area contributed by atoms with E-state index in [-0.39, 0.29) is 12.0 Å². The highest BCUT2D eigenvalue weighted by atomic mass is 16.6. The molecule has 0 radical (unpaired) electrons. The molecule has 18 heavy (non-hydrogen) atoms. The summed E-state index contributed by atoms with van der Waals surface area (Å²) < 4.78 is 5.23. The zero-order valence-corrected chi connectivity index (χ0v) is 10.8. The van der Waals surface area contributed by atoms with E-state index in [1.54, 1.807) is 20.8 Å². The van der Waals surface area contributed by atoms with Gasteiger partial charge in [0, 0.05) is 12.0 Å². The molecule has 1 amide bonds. The molecule has 1 aliphatic carbocycles. The van der Waals surface area contributed by atoms with Crippen molar-refractivity contribution in [3.63, 3.8) is 0 Å². The summed E-state index contributed by atoms with van der Waals surface area (Å²) in [5, 5.41) is 18.9. The Morgan fingerprint density at radius 3 is 2.39 bits per heavy atom. The molecule has 0 aromatic heterocycles. The van der Waals surface area contributed by atoms with Crippen molar-refractivity contribution in [3.05, 3.63) is 0 Å². The number of carbonyl (C=O) groups is 2. The predicted octanol–water partition coefficient (Wildman–Crippen LogP) is 0.830. The third-order valence-corrected chi connectivity index (χ3v) is 3.51. The summed E-state index contributed by atoms with van der Waals surface area (Å²) in [7, 11) is 0. The molecular weight excluding hydrogens is 238 g/mol. The summed E-state index contributed by atoms with van der Waals surface area (Å²) >= 11 is 0. The first-order chi connectivity index (χ1) is 8.20. The van der Waals surface area contributed by atoms with E-state index in [1.807, 2.05) is 0 Å². The molecule has 2 N–H and O–H groups in total. The van der Waals surface area contributed by atoms with Gasteiger partial charge in [0.1, 0.15) is 11.6 Å². The van der Waals surface area contributed by atoms with Gasteiger partial charge in [0.25, 0.3) is 0 Å². The Hall–Kier alpha value is -1.30. The number of amides is 1. The van der Waals surface area contributed by atoms with Gasteiger partial charge in [-0.05, 0) is 33.6 Å². The molecule has 1 heterocycles. The highest BCUT2D eigenvalue weighted by molar-refractivity contribution is 5.82. The number of carbonyl (C=O) groups excluding carboxylic acids is 1. The third-order valence-electron chi connectivity index (χ3n) is 3.51. The molecule has 4 atom stereocenters. The molecule has 0 aromatic carbocycles. The van der Waals surface area contributed by atoms with Crippen molar-refractivity contribution in [1.82, 2.24) is 4.90 Å². The Labute approximate surface area is 106 Å². The maximum Gasteiger partial charge on any atom is 0.411 e. The highest BCUT2D eigenvalue weighted by Gasteiger charge is 2.56. The van der Waals surface area contributed by atoms with Crippen LogP contribution in [0.25, 0.3) is 0 Å². The number of aliphatic hydroxyl groups is 1. The first kappa shape index (κ1) is 13.1. The number of fused-ring (bicyclic) bond motifs is 2. The van der Waals surface area contributed by atoms with E-state index >= 15 is 0 Å². The lowest BCUT2D eigenvalue weighted by Crippen LogP contribution is -2.53. The zero-order valence-electron chi connectivity index (χ0n) is 10.8. The lowest BCUT2D eigenvalue weighted by molar-refractivity contribution is -0.147. The van der Waals surface area contributed by atoms with Crippen LogP contribution in [0.4, 0.5) is 4.79 Å². The molecule has 2 fully saturated rings. The fraction of sp³-hybridized carbons (Fsp3) is 0.833. The van der Waals surface area contributed by atoms with Crippen LogP contribution in [-0.2, 0) is 9.53 Å². The minimum absolute atomic E-state index is 0.221. The molecular formula is C12H19NO5. The summed E-state index contributed by atoms with van der Waals surface area (Å²) in [5.41, 5.74) is -0.652. The molecule has 1 saturated carbocycles. The van der Waals surface area contributed by atoms with Crippen LogP contribution in [-0.4, -0.2) is 51.0 Å². The Morgan fingerprint density at radius 1 is 1.28 bits per heavy atom. The van der Waals surface area contributed by atoms with Gasteiger partial charge in [0.05, 0.1) is 6.10 Å². The summed E-state index contributed by atoms with van der Waals surface area (Å²) in [6.07, 6.45) is -0.255. The number of hydrogen-bond acceptors (Lipinski definition) is 4. The quantitative estimate of drug-likeness (QED) is 0.726. The zero-order chi connectivity index (χ0) is 13.7. The van der Waals surface area contributed by atoms with Crippen molar-refractivity contribution in [2.45, 2.75) is 57.4 Å². The predicted molar refractivity (Wildman–Crippen MR) is 62.0 cm³/mol. The number of aliphatic carboxylic acids is 1. The first-order valence-electron chi connectivity index (χ1n) is 6.13. The Morgan fingerprint density at radius 2 is 1.89 bits per heavy atom. The Bertz CT molecular complexity index is 375. The molecule has 1 aliphatic heterocycles. The van der Waals surface area contributed by atoms with Gasteiger partial charge in [-0.15, -0.1) is 0 Å². The fourth-order valence-corrected chi connectivity index (χ4v) is 2.90. The van der Waals surface area contributed by atoms with Gasteiger partial charge in [0.15, 0.2) is 0 Å². The molecule has 1 unspecified atom stereocenters. The molecule has 102 valence electrons. The van der Waals surface area contributed by atoms with E-state index < -0.39 is 29.8 Å². The van der Waals surface area contributed by atoms with Gasteiger partial charge in [-0.25, -0.2) is 9.59 Å². The highest BCUT2D eigenvalue weighted by Crippen LogP contribution is 2.43. The number of likely N-dealkylation sites (tertiary alicyclic amines) is 1. The fourth-order valence-electron chi connectivity index (χ4n) is 2.90. The molecule has 6 nitrogen and oxygen atoms in total. The lowest BCUT2D eigenvalue weighted by atomic mass is 9.96. The van der Waals surface area contributed by atoms with Gasteiger partial charge in [0.2, 0.25) is 0 Å². The normalized spacial score (nSPS) is 34.8. The molecule has 2 aliphatic rings. The molecule has 1 saturated heterocycles. The standard InChI is InChI=1S/C12H19NO5/c1-12(2,3)18-11(17)13-6-4-7(8(14)5-6)9(13)10(15)16/h6-9,14H,4-5H2,1-3H3,(H,15,16)/t6?,7-,8-,9+/m1/s1. The SMILES string of the molecule is CC(C)(C)OC(=O)N1C2C[C@H]([C@H](O)C2)[C@H]1C(=O)O. The second kappa shape index (κ2) is 4.12. The number of nitrogens with zero attached hydrogens (tertiary/aromatic N) is 1. The minimum Gasteiger partial charge on any atom is -0.480 e. The van der Waals surface area contributed by atoms with Crippen molar-refractivity contribution in [2.24, 2.45) is 5.92 Å². The monoisotopic (exact) mass is 257 g/mol. The molecule has 0 spiro atoms. The van der Waals surface area contributed by atoms with Crippen molar-refractivity contribution in [3.8, 4) is 0 Å². The summed E-state index contributed by atoms with van der Waals surface area (Å²) in [6, 6.07) is -1.19. The van der Waals surface area contributed by atoms with Crippen LogP contribution >= 0.6 is 0 Å². The summed E-state index contributed by atoms with van der Waals surface area (Å²) in [5.74, 6) is -1.45. The Kier molecular flexibility index (Phi) is 3.01. The summed E-state index contributed by atoms with van der Waals surface area (Å²) in [4.78, 5) is 24.6. The average molecular weight is 257 g/mol. The van der Waals surface area contributed by atoms with Gasteiger partial charge in [-0.2, -0.15) is 0 Å². The van der Waals surface area contributed by atoms with Crippen molar-refractivity contribution in [2.75, 3.05) is 0 Å². The van der Waals surface area contributed by atoms with Crippen LogP contribution in [0, 0.1) is 5.92 Å². The maximum atomic E-state index is 12.0. The largest absolute Gasteiger partial charge is 0.480 e. The molecule has 6 heteroatoms. The number of carboxylic acids is 1. The Balaban J connectivity index is 2.17. The van der Waals surface area contributed by atoms with Crippen LogP contribution in [0.2, 0.25) is 0 Å². The van der Waals surface area contributed by atoms with Gasteiger partial charge in [-0.1, -0.05) is 0 Å². The van der Waals surface area contributed by atoms with Crippen molar-refractivity contribution in [1.29, 1.82) is 0 Å². The van der Waals surface area contributed by atoms with E-state index in [4.69, 9.17) is 4.74 Å². The second-order valence-corrected chi connectivity index (χ2v) is 6.03. The van der Waals surface area contributed by atoms with E-state index in [2.05, 4.69) is 0 Å². The number of ether oxygens (including phenoxy) is 1. The molecule has 2 bridgehead atoms. The van der Waals surface area contributed by atoms with Crippen LogP contribution in [0.15, 0.2) is 0 Å². The van der Waals surface area contributed by atoms with E-state index in [1.165, 1.54) is 4.90 Å². The van der Waals surface area contributed by atoms with E-state index in [0.717, 1.165) is 0 Å². The average Bonchev–Trinajstić information content (AvgIpc) is 2.69. The van der Waals surface area contributed by atoms with Crippen LogP contribution in [0.1, 0.15) is 33.6 Å². The summed E-state index contributed by atoms with van der Waals surface area (Å²) in [6.45, 7) is 5.22. The van der Waals surface area contributed by atoms with Crippen molar-refractivity contribution < 1.29 is 24.5 Å².